The first-order chi connectivity index (χ1) is 18.7. The lowest BCUT2D eigenvalue weighted by atomic mass is 10.1. The van der Waals surface area contributed by atoms with E-state index in [-0.39, 0.29) is 25.9 Å². The van der Waals surface area contributed by atoms with Gasteiger partial charge in [0.15, 0.2) is 0 Å². The van der Waals surface area contributed by atoms with Gasteiger partial charge in [-0.25, -0.2) is 27.5 Å². The van der Waals surface area contributed by atoms with Gasteiger partial charge >= 0.3 is 6.03 Å². The summed E-state index contributed by atoms with van der Waals surface area (Å²) in [7, 11) is -4.09. The molecule has 1 fully saturated rings. The fourth-order valence-electron chi connectivity index (χ4n) is 4.37. The molecule has 1 saturated heterocycles. The maximum absolute atomic E-state index is 12.9. The van der Waals surface area contributed by atoms with Gasteiger partial charge in [0.1, 0.15) is 10.0 Å². The molecule has 0 bridgehead atoms. The van der Waals surface area contributed by atoms with Gasteiger partial charge in [0.05, 0.1) is 16.2 Å². The summed E-state index contributed by atoms with van der Waals surface area (Å²) in [4.78, 5) is 31.7. The Morgan fingerprint density at radius 3 is 2.54 bits per heavy atom. The number of carbonyl (C=O) groups is 1. The Labute approximate surface area is 233 Å². The molecule has 14 heteroatoms. The Balaban J connectivity index is 1.28. The molecule has 0 spiro atoms. The number of pyridine rings is 2. The van der Waals surface area contributed by atoms with Crippen LogP contribution in [0.25, 0.3) is 16.6 Å². The van der Waals surface area contributed by atoms with Crippen LogP contribution in [0.3, 0.4) is 0 Å². The van der Waals surface area contributed by atoms with E-state index in [0.29, 0.717) is 10.8 Å². The number of halogens is 1. The lowest BCUT2D eigenvalue weighted by molar-refractivity contribution is 0.256. The number of rotatable bonds is 8. The van der Waals surface area contributed by atoms with Gasteiger partial charge in [0, 0.05) is 30.2 Å². The Morgan fingerprint density at radius 1 is 1.08 bits per heavy atom. The van der Waals surface area contributed by atoms with Crippen LogP contribution in [-0.4, -0.2) is 60.2 Å². The summed E-state index contributed by atoms with van der Waals surface area (Å²) in [5, 5.41) is 17.7. The summed E-state index contributed by atoms with van der Waals surface area (Å²) in [6.07, 6.45) is 3.72. The number of nitrogens with one attached hydrogen (secondary N) is 3. The summed E-state index contributed by atoms with van der Waals surface area (Å²) in [5.74, 6) is -0.146. The maximum atomic E-state index is 12.9. The standard InChI is InChI=1S/C25H25ClN6O5S2/c26-20-6-8-23(38-20)39(36,37)30-25(35)29-18-4-7-21(28-15-18)32-22(33)14-16-13-17(3-5-19(16)24(32)34)27-9-12-31-10-1-2-11-31/h3-8,13-15,27,34H,1-2,9-12H2,(H2,29,30,35). The highest BCUT2D eigenvalue weighted by Gasteiger charge is 2.20. The second kappa shape index (κ2) is 11.2. The first-order valence-electron chi connectivity index (χ1n) is 12.1. The molecule has 0 atom stereocenters. The predicted molar refractivity (Wildman–Crippen MR) is 152 cm³/mol. The average Bonchev–Trinajstić information content (AvgIpc) is 3.57. The number of hydrogen-bond donors (Lipinski definition) is 4. The quantitative estimate of drug-likeness (QED) is 0.243. The second-order valence-electron chi connectivity index (χ2n) is 8.94. The SMILES string of the molecule is O=C(Nc1ccc(-n2c(O)c3ccc(NCCN4CCCC4)cc3cc2=O)nc1)NS(=O)(=O)c1ccc(Cl)s1. The van der Waals surface area contributed by atoms with Crippen LogP contribution in [-0.2, 0) is 10.0 Å². The van der Waals surface area contributed by atoms with Crippen molar-refractivity contribution in [2.24, 2.45) is 0 Å². The van der Waals surface area contributed by atoms with Crippen molar-refractivity contribution < 1.29 is 18.3 Å². The van der Waals surface area contributed by atoms with Crippen LogP contribution in [0.15, 0.2) is 63.7 Å². The minimum absolute atomic E-state index is 0.104. The van der Waals surface area contributed by atoms with Gasteiger partial charge in [0.2, 0.25) is 5.88 Å². The summed E-state index contributed by atoms with van der Waals surface area (Å²) < 4.78 is 27.7. The number of nitrogens with zero attached hydrogens (tertiary/aromatic N) is 3. The second-order valence-corrected chi connectivity index (χ2v) is 12.6. The van der Waals surface area contributed by atoms with Crippen LogP contribution in [0.4, 0.5) is 16.2 Å². The van der Waals surface area contributed by atoms with Gasteiger partial charge < -0.3 is 20.6 Å². The molecule has 3 aromatic heterocycles. The first kappa shape index (κ1) is 26.9. The van der Waals surface area contributed by atoms with Crippen LogP contribution in [0.5, 0.6) is 5.88 Å². The first-order valence-corrected chi connectivity index (χ1v) is 14.8. The number of hydrogen-bond acceptors (Lipinski definition) is 9. The predicted octanol–water partition coefficient (Wildman–Crippen LogP) is 3.82. The number of anilines is 2. The van der Waals surface area contributed by atoms with Gasteiger partial charge in [-0.15, -0.1) is 11.3 Å². The molecular weight excluding hydrogens is 564 g/mol. The van der Waals surface area contributed by atoms with Crippen LogP contribution >= 0.6 is 22.9 Å². The molecule has 0 saturated carbocycles. The van der Waals surface area contributed by atoms with E-state index < -0.39 is 21.6 Å². The molecule has 1 aromatic carbocycles. The zero-order chi connectivity index (χ0) is 27.6. The zero-order valence-electron chi connectivity index (χ0n) is 20.6. The maximum Gasteiger partial charge on any atom is 0.333 e. The van der Waals surface area contributed by atoms with Crippen molar-refractivity contribution in [3.63, 3.8) is 0 Å². The number of thiophene rings is 1. The van der Waals surface area contributed by atoms with Crippen molar-refractivity contribution in [2.75, 3.05) is 36.8 Å². The smallest absolute Gasteiger partial charge is 0.333 e. The Hall–Kier alpha value is -3.65. The van der Waals surface area contributed by atoms with Crippen molar-refractivity contribution in [2.45, 2.75) is 17.1 Å². The van der Waals surface area contributed by atoms with Crippen LogP contribution in [0, 0.1) is 0 Å². The van der Waals surface area contributed by atoms with Crippen LogP contribution in [0.2, 0.25) is 4.34 Å². The Bertz CT molecular complexity index is 1680. The summed E-state index contributed by atoms with van der Waals surface area (Å²) in [6.45, 7) is 3.98. The van der Waals surface area contributed by atoms with Crippen molar-refractivity contribution in [1.29, 1.82) is 0 Å². The van der Waals surface area contributed by atoms with Gasteiger partial charge in [-0.2, -0.15) is 0 Å². The zero-order valence-corrected chi connectivity index (χ0v) is 22.9. The number of urea groups is 1. The molecular formula is C25H25ClN6O5S2. The van der Waals surface area contributed by atoms with Gasteiger partial charge in [-0.1, -0.05) is 11.6 Å². The van der Waals surface area contributed by atoms with Crippen LogP contribution < -0.4 is 20.9 Å². The summed E-state index contributed by atoms with van der Waals surface area (Å²) >= 11 is 6.59. The Morgan fingerprint density at radius 2 is 1.85 bits per heavy atom. The third-order valence-electron chi connectivity index (χ3n) is 6.23. The number of carbonyl (C=O) groups excluding carboxylic acids is 1. The molecule has 4 N–H and O–H groups in total. The summed E-state index contributed by atoms with van der Waals surface area (Å²) in [5.41, 5.74) is 0.545. The van der Waals surface area contributed by atoms with Gasteiger partial charge in [-0.3, -0.25) is 4.79 Å². The van der Waals surface area contributed by atoms with E-state index in [2.05, 4.69) is 20.5 Å². The number of fused-ring (bicyclic) bond motifs is 1. The molecule has 39 heavy (non-hydrogen) atoms. The largest absolute Gasteiger partial charge is 0.494 e. The number of aromatic hydroxyl groups is 1. The van der Waals surface area contributed by atoms with Crippen molar-refractivity contribution in [1.82, 2.24) is 19.2 Å². The summed E-state index contributed by atoms with van der Waals surface area (Å²) in [6, 6.07) is 11.4. The molecule has 0 unspecified atom stereocenters. The number of benzene rings is 1. The molecule has 4 aromatic rings. The topological polar surface area (TPSA) is 146 Å². The minimum atomic E-state index is -4.09. The highest BCUT2D eigenvalue weighted by molar-refractivity contribution is 7.92. The third kappa shape index (κ3) is 6.17. The van der Waals surface area contributed by atoms with Crippen molar-refractivity contribution in [3.05, 3.63) is 69.4 Å². The number of sulfonamides is 1. The number of likely N-dealkylation sites (tertiary alicyclic amines) is 1. The molecule has 1 aliphatic rings. The van der Waals surface area contributed by atoms with Crippen molar-refractivity contribution in [3.8, 4) is 11.7 Å². The number of aromatic nitrogens is 2. The molecule has 0 radical (unpaired) electrons. The minimum Gasteiger partial charge on any atom is -0.494 e. The lowest BCUT2D eigenvalue weighted by Crippen LogP contribution is -2.34. The van der Waals surface area contributed by atoms with Crippen molar-refractivity contribution >= 4 is 61.1 Å². The highest BCUT2D eigenvalue weighted by Crippen LogP contribution is 2.28. The number of amides is 2. The molecule has 204 valence electrons. The van der Waals surface area contributed by atoms with E-state index in [0.717, 1.165) is 47.8 Å². The van der Waals surface area contributed by atoms with Gasteiger partial charge in [-0.05, 0) is 73.8 Å². The van der Waals surface area contributed by atoms with Crippen LogP contribution in [0.1, 0.15) is 12.8 Å². The molecule has 11 nitrogen and oxygen atoms in total. The molecule has 5 rings (SSSR count). The normalized spacial score (nSPS) is 14.0. The molecule has 0 aliphatic carbocycles. The highest BCUT2D eigenvalue weighted by atomic mass is 35.5. The van der Waals surface area contributed by atoms with E-state index in [1.165, 1.54) is 49.4 Å². The third-order valence-corrected chi connectivity index (χ3v) is 9.29. The Kier molecular flexibility index (Phi) is 7.75. The molecule has 2 amide bonds. The monoisotopic (exact) mass is 588 g/mol. The van der Waals surface area contributed by atoms with E-state index in [4.69, 9.17) is 11.6 Å². The molecule has 1 aliphatic heterocycles. The lowest BCUT2D eigenvalue weighted by Gasteiger charge is -2.16. The fraction of sp³-hybridized carbons (Fsp3) is 0.240. The molecule has 4 heterocycles. The van der Waals surface area contributed by atoms with E-state index >= 15 is 0 Å². The van der Waals surface area contributed by atoms with E-state index in [1.54, 1.807) is 6.07 Å². The van der Waals surface area contributed by atoms with Gasteiger partial charge in [0.25, 0.3) is 15.6 Å². The van der Waals surface area contributed by atoms with E-state index in [9.17, 15) is 23.1 Å². The van der Waals surface area contributed by atoms with E-state index in [1.807, 2.05) is 16.9 Å². The average molecular weight is 589 g/mol. The fourth-order valence-corrected chi connectivity index (χ4v) is 6.76.